The number of nitrogens with zero attached hydrogens (tertiary/aromatic N) is 2. The van der Waals surface area contributed by atoms with Gasteiger partial charge in [0.05, 0.1) is 6.42 Å². The Kier molecular flexibility index (Phi) is 13.0. The summed E-state index contributed by atoms with van der Waals surface area (Å²) in [5.74, 6) is 0. The van der Waals surface area contributed by atoms with Crippen LogP contribution >= 0.6 is 0 Å². The normalized spacial score (nSPS) is 11.4. The molecular weight excluding hydrogens is 312 g/mol. The number of carbonyl (C=O) groups excluding carboxylic acids is 1. The van der Waals surface area contributed by atoms with Gasteiger partial charge in [-0.15, -0.1) is 0 Å². The van der Waals surface area contributed by atoms with Crippen molar-refractivity contribution < 1.29 is 14.6 Å². The molecule has 0 aromatic carbocycles. The molecule has 0 aromatic heterocycles. The maximum Gasteiger partial charge on any atom is 0.512 e. The minimum Gasteiger partial charge on any atom is -0.287 e. The van der Waals surface area contributed by atoms with E-state index in [0.29, 0.717) is 12.8 Å². The summed E-state index contributed by atoms with van der Waals surface area (Å²) < 4.78 is 0. The molecule has 0 aliphatic heterocycles. The first-order valence-corrected chi connectivity index (χ1v) is 9.26. The molecule has 7 heteroatoms. The van der Waals surface area contributed by atoms with Crippen LogP contribution in [-0.2, 0) is 4.79 Å². The molecule has 0 rings (SSSR count). The predicted molar refractivity (Wildman–Crippen MR) is 93.1 cm³/mol. The summed E-state index contributed by atoms with van der Waals surface area (Å²) in [6.07, 6.45) is 14.0. The third-order valence-corrected chi connectivity index (χ3v) is 4.47. The minimum absolute atomic E-state index is 0.145. The number of hydrogen-bond donors (Lipinski definition) is 0. The number of hydrogen-bond acceptors (Lipinski definition) is 5. The van der Waals surface area contributed by atoms with E-state index < -0.39 is 15.5 Å². The SMILES string of the molecule is CCCCCCCCCCCCCCCC(C=O)([N+](=O)[O-])[N+](=O)[O-]. The monoisotopic (exact) mass is 344 g/mol. The number of nitro groups is 2. The molecule has 0 aliphatic carbocycles. The molecule has 0 aromatic rings. The van der Waals surface area contributed by atoms with E-state index in [1.54, 1.807) is 0 Å². The van der Waals surface area contributed by atoms with Crippen molar-refractivity contribution in [3.05, 3.63) is 20.2 Å². The van der Waals surface area contributed by atoms with Gasteiger partial charge in [-0.05, 0) is 6.42 Å². The largest absolute Gasteiger partial charge is 0.512 e. The van der Waals surface area contributed by atoms with Crippen LogP contribution in [0.1, 0.15) is 96.8 Å². The molecule has 0 bridgehead atoms. The lowest BCUT2D eigenvalue weighted by Gasteiger charge is -2.10. The zero-order valence-corrected chi connectivity index (χ0v) is 14.9. The highest BCUT2D eigenvalue weighted by atomic mass is 16.7. The standard InChI is InChI=1S/C17H32N2O5/c1-2-3-4-5-6-7-8-9-10-11-12-13-14-15-17(16-20,18(21)22)19(23)24/h16H,2-15H2,1H3. The van der Waals surface area contributed by atoms with Gasteiger partial charge in [0.25, 0.3) is 6.29 Å². The van der Waals surface area contributed by atoms with Crippen LogP contribution in [0.3, 0.4) is 0 Å². The van der Waals surface area contributed by atoms with Gasteiger partial charge in [-0.25, -0.2) is 0 Å². The third kappa shape index (κ3) is 8.93. The van der Waals surface area contributed by atoms with Gasteiger partial charge >= 0.3 is 5.66 Å². The van der Waals surface area contributed by atoms with E-state index in [4.69, 9.17) is 0 Å². The highest BCUT2D eigenvalue weighted by molar-refractivity contribution is 5.59. The molecule has 0 unspecified atom stereocenters. The Hall–Kier alpha value is -1.53. The van der Waals surface area contributed by atoms with Crippen molar-refractivity contribution in [3.8, 4) is 0 Å². The van der Waals surface area contributed by atoms with Gasteiger partial charge in [-0.1, -0.05) is 84.0 Å². The van der Waals surface area contributed by atoms with Gasteiger partial charge in [-0.3, -0.25) is 25.0 Å². The molecule has 0 heterocycles. The summed E-state index contributed by atoms with van der Waals surface area (Å²) in [4.78, 5) is 30.2. The van der Waals surface area contributed by atoms with E-state index >= 15 is 0 Å². The lowest BCUT2D eigenvalue weighted by atomic mass is 10.0. The van der Waals surface area contributed by atoms with Crippen molar-refractivity contribution >= 4 is 6.29 Å². The maximum atomic E-state index is 10.8. The zero-order valence-electron chi connectivity index (χ0n) is 14.9. The number of rotatable bonds is 17. The summed E-state index contributed by atoms with van der Waals surface area (Å²) in [5.41, 5.74) is -2.65. The second-order valence-electron chi connectivity index (χ2n) is 6.50. The quantitative estimate of drug-likeness (QED) is 0.122. The summed E-state index contributed by atoms with van der Waals surface area (Å²) >= 11 is 0. The van der Waals surface area contributed by atoms with E-state index in [1.807, 2.05) is 0 Å². The average molecular weight is 344 g/mol. The Bertz CT molecular complexity index is 360. The Morgan fingerprint density at radius 3 is 1.33 bits per heavy atom. The van der Waals surface area contributed by atoms with Gasteiger partial charge < -0.3 is 0 Å². The number of unbranched alkanes of at least 4 members (excludes halogenated alkanes) is 12. The fourth-order valence-electron chi connectivity index (χ4n) is 2.80. The summed E-state index contributed by atoms with van der Waals surface area (Å²) in [6, 6.07) is 0. The highest BCUT2D eigenvalue weighted by Crippen LogP contribution is 2.19. The molecule has 0 saturated heterocycles. The van der Waals surface area contributed by atoms with Crippen LogP contribution in [0.5, 0.6) is 0 Å². The first kappa shape index (κ1) is 22.5. The first-order valence-electron chi connectivity index (χ1n) is 9.26. The molecule has 7 nitrogen and oxygen atoms in total. The van der Waals surface area contributed by atoms with E-state index in [1.165, 1.54) is 51.4 Å². The Balaban J connectivity index is 3.58. The fraction of sp³-hybridized carbons (Fsp3) is 0.941. The summed E-state index contributed by atoms with van der Waals surface area (Å²) in [7, 11) is 0. The number of aldehydes is 1. The Morgan fingerprint density at radius 2 is 1.04 bits per heavy atom. The molecule has 140 valence electrons. The zero-order chi connectivity index (χ0) is 18.3. The summed E-state index contributed by atoms with van der Waals surface area (Å²) in [6.45, 7) is 2.22. The van der Waals surface area contributed by atoms with Gasteiger partial charge in [-0.2, -0.15) is 0 Å². The topological polar surface area (TPSA) is 103 Å². The van der Waals surface area contributed by atoms with Crippen molar-refractivity contribution in [3.63, 3.8) is 0 Å². The molecule has 0 N–H and O–H groups in total. The van der Waals surface area contributed by atoms with Crippen molar-refractivity contribution in [2.45, 2.75) is 102 Å². The smallest absolute Gasteiger partial charge is 0.287 e. The predicted octanol–water partition coefficient (Wildman–Crippen LogP) is 4.92. The summed E-state index contributed by atoms with van der Waals surface area (Å²) in [5, 5.41) is 21.6. The van der Waals surface area contributed by atoms with Crippen LogP contribution in [0.4, 0.5) is 0 Å². The van der Waals surface area contributed by atoms with Crippen LogP contribution in [-0.4, -0.2) is 21.8 Å². The molecule has 0 spiro atoms. The lowest BCUT2D eigenvalue weighted by molar-refractivity contribution is -0.774. The molecule has 0 amide bonds. The van der Waals surface area contributed by atoms with Crippen molar-refractivity contribution in [2.75, 3.05) is 0 Å². The molecule has 24 heavy (non-hydrogen) atoms. The van der Waals surface area contributed by atoms with Crippen LogP contribution in [0.25, 0.3) is 0 Å². The van der Waals surface area contributed by atoms with Gasteiger partial charge in [0.2, 0.25) is 0 Å². The van der Waals surface area contributed by atoms with Gasteiger partial charge in [0.15, 0.2) is 0 Å². The third-order valence-electron chi connectivity index (χ3n) is 4.47. The van der Waals surface area contributed by atoms with Crippen LogP contribution < -0.4 is 0 Å². The molecule has 0 radical (unpaired) electrons. The van der Waals surface area contributed by atoms with Crippen molar-refractivity contribution in [1.82, 2.24) is 0 Å². The number of carbonyl (C=O) groups is 1. The van der Waals surface area contributed by atoms with E-state index in [2.05, 4.69) is 6.92 Å². The fourth-order valence-corrected chi connectivity index (χ4v) is 2.80. The second-order valence-corrected chi connectivity index (χ2v) is 6.50. The van der Waals surface area contributed by atoms with Gasteiger partial charge in [0.1, 0.15) is 9.85 Å². The van der Waals surface area contributed by atoms with Crippen LogP contribution in [0.2, 0.25) is 0 Å². The molecule has 0 aliphatic rings. The average Bonchev–Trinajstić information content (AvgIpc) is 2.55. The minimum atomic E-state index is -2.65. The van der Waals surface area contributed by atoms with Crippen molar-refractivity contribution in [1.29, 1.82) is 0 Å². The Morgan fingerprint density at radius 1 is 0.708 bits per heavy atom. The van der Waals surface area contributed by atoms with Crippen molar-refractivity contribution in [2.24, 2.45) is 0 Å². The van der Waals surface area contributed by atoms with E-state index in [9.17, 15) is 25.0 Å². The highest BCUT2D eigenvalue weighted by Gasteiger charge is 2.55. The lowest BCUT2D eigenvalue weighted by Crippen LogP contribution is -2.47. The van der Waals surface area contributed by atoms with Gasteiger partial charge in [0, 0.05) is 0 Å². The first-order chi connectivity index (χ1) is 11.5. The molecular formula is C17H32N2O5. The molecule has 0 atom stereocenters. The maximum absolute atomic E-state index is 10.8. The molecule has 0 fully saturated rings. The van der Waals surface area contributed by atoms with E-state index in [-0.39, 0.29) is 12.7 Å². The molecule has 0 saturated carbocycles. The second kappa shape index (κ2) is 13.9. The van der Waals surface area contributed by atoms with Crippen LogP contribution in [0.15, 0.2) is 0 Å². The van der Waals surface area contributed by atoms with E-state index in [0.717, 1.165) is 19.3 Å². The Labute approximate surface area is 144 Å². The van der Waals surface area contributed by atoms with Crippen LogP contribution in [0, 0.1) is 20.2 Å².